The van der Waals surface area contributed by atoms with Gasteiger partial charge in [0.1, 0.15) is 19.3 Å². The number of nitrogens with zero attached hydrogens (tertiary/aromatic N) is 1. The molecule has 0 saturated carbocycles. The van der Waals surface area contributed by atoms with E-state index < -0.39 is 32.5 Å². The smallest absolute Gasteiger partial charge is 0.306 e. The first-order chi connectivity index (χ1) is 35.4. The number of unbranched alkanes of at least 4 members (excludes halogenated alkanes) is 19. The van der Waals surface area contributed by atoms with Crippen LogP contribution < -0.4 is 10.2 Å². The van der Waals surface area contributed by atoms with Crippen LogP contribution in [0.15, 0.2) is 109 Å². The van der Waals surface area contributed by atoms with Crippen LogP contribution >= 0.6 is 7.82 Å². The molecule has 0 saturated heterocycles. The second-order valence-electron chi connectivity index (χ2n) is 20.4. The summed E-state index contributed by atoms with van der Waals surface area (Å²) in [5.41, 5.74) is 0. The molecule has 0 spiro atoms. The molecule has 0 aliphatic heterocycles. The fourth-order valence-electron chi connectivity index (χ4n) is 7.69. The Morgan fingerprint density at radius 1 is 0.493 bits per heavy atom. The molecule has 1 amide bonds. The van der Waals surface area contributed by atoms with Crippen LogP contribution in [0, 0.1) is 0 Å². The molecule has 0 heterocycles. The van der Waals surface area contributed by atoms with Crippen LogP contribution in [0.1, 0.15) is 226 Å². The highest BCUT2D eigenvalue weighted by Gasteiger charge is 2.27. The van der Waals surface area contributed by atoms with E-state index in [1.807, 2.05) is 39.4 Å². The summed E-state index contributed by atoms with van der Waals surface area (Å²) in [4.78, 5) is 39.8. The SMILES string of the molecule is CC/C=C\C/C=C\C/C=C\C/C=C\C/C=C\C/C=C\CCC(=O)OC(/C=C/CCCCCCCCCCC)C(COP(=O)([O-])OCC[N+](C)(C)C)NC(=O)CCCCCCCCC/C=C\C/C=C\CCCCC. The highest BCUT2D eigenvalue weighted by Crippen LogP contribution is 2.38. The zero-order valence-electron chi connectivity index (χ0n) is 47.5. The van der Waals surface area contributed by atoms with Crippen LogP contribution in [-0.4, -0.2) is 69.4 Å². The molecule has 0 aromatic heterocycles. The summed E-state index contributed by atoms with van der Waals surface area (Å²) in [6.07, 6.45) is 70.7. The van der Waals surface area contributed by atoms with Crippen molar-refractivity contribution in [1.29, 1.82) is 0 Å². The van der Waals surface area contributed by atoms with E-state index in [4.69, 9.17) is 13.8 Å². The summed E-state index contributed by atoms with van der Waals surface area (Å²) in [7, 11) is 1.13. The van der Waals surface area contributed by atoms with E-state index in [9.17, 15) is 19.0 Å². The topological polar surface area (TPSA) is 114 Å². The average molecular weight is 1040 g/mol. The Labute approximate surface area is 449 Å². The van der Waals surface area contributed by atoms with Crippen molar-refractivity contribution in [2.75, 3.05) is 40.9 Å². The lowest BCUT2D eigenvalue weighted by atomic mass is 10.1. The number of rotatable bonds is 51. The first-order valence-corrected chi connectivity index (χ1v) is 30.7. The number of hydrogen-bond acceptors (Lipinski definition) is 7. The number of ether oxygens (including phenoxy) is 1. The summed E-state index contributed by atoms with van der Waals surface area (Å²) in [6, 6.07) is -0.929. The van der Waals surface area contributed by atoms with E-state index in [0.29, 0.717) is 23.9 Å². The fraction of sp³-hybridized carbons (Fsp3) is 0.683. The molecule has 1 N–H and O–H groups in total. The van der Waals surface area contributed by atoms with Gasteiger partial charge in [0.2, 0.25) is 5.91 Å². The summed E-state index contributed by atoms with van der Waals surface area (Å²) < 4.78 is 30.1. The van der Waals surface area contributed by atoms with Gasteiger partial charge in [-0.3, -0.25) is 14.2 Å². The fourth-order valence-corrected chi connectivity index (χ4v) is 8.42. The zero-order valence-corrected chi connectivity index (χ0v) is 48.4. The molecule has 0 rings (SSSR count). The Morgan fingerprint density at radius 2 is 0.890 bits per heavy atom. The molecule has 0 aromatic rings. The first kappa shape index (κ1) is 69.7. The van der Waals surface area contributed by atoms with E-state index in [1.54, 1.807) is 6.08 Å². The maximum absolute atomic E-state index is 13.5. The van der Waals surface area contributed by atoms with Crippen molar-refractivity contribution in [1.82, 2.24) is 5.32 Å². The van der Waals surface area contributed by atoms with Gasteiger partial charge in [-0.05, 0) is 102 Å². The minimum Gasteiger partial charge on any atom is -0.756 e. The molecule has 10 heteroatoms. The van der Waals surface area contributed by atoms with Gasteiger partial charge < -0.3 is 28.5 Å². The third-order valence-electron chi connectivity index (χ3n) is 12.2. The Bertz CT molecular complexity index is 1620. The normalized spacial score (nSPS) is 14.6. The molecule has 0 radical (unpaired) electrons. The van der Waals surface area contributed by atoms with Gasteiger partial charge >= 0.3 is 5.97 Å². The van der Waals surface area contributed by atoms with Gasteiger partial charge in [0.05, 0.1) is 33.8 Å². The van der Waals surface area contributed by atoms with Crippen molar-refractivity contribution in [3.05, 3.63) is 109 Å². The Morgan fingerprint density at radius 3 is 1.37 bits per heavy atom. The van der Waals surface area contributed by atoms with Crippen LogP contribution in [0.25, 0.3) is 0 Å². The van der Waals surface area contributed by atoms with Crippen LogP contribution in [-0.2, 0) is 27.9 Å². The number of nitrogens with one attached hydrogen (secondary N) is 1. The van der Waals surface area contributed by atoms with E-state index in [2.05, 4.69) is 111 Å². The second kappa shape index (κ2) is 52.1. The lowest BCUT2D eigenvalue weighted by molar-refractivity contribution is -0.870. The van der Waals surface area contributed by atoms with E-state index in [1.165, 1.54) is 89.9 Å². The number of phosphoric acid groups is 1. The molecular formula is C63H109N2O7P. The first-order valence-electron chi connectivity index (χ1n) is 29.2. The predicted octanol–water partition coefficient (Wildman–Crippen LogP) is 17.1. The largest absolute Gasteiger partial charge is 0.756 e. The van der Waals surface area contributed by atoms with Gasteiger partial charge in [-0.1, -0.05) is 220 Å². The van der Waals surface area contributed by atoms with Crippen molar-refractivity contribution in [3.63, 3.8) is 0 Å². The monoisotopic (exact) mass is 1040 g/mol. The molecule has 0 aromatic carbocycles. The molecular weight excluding hydrogens is 928 g/mol. The molecule has 418 valence electrons. The number of likely N-dealkylation sites (N-methyl/N-ethyl adjacent to an activating group) is 1. The van der Waals surface area contributed by atoms with E-state index >= 15 is 0 Å². The molecule has 73 heavy (non-hydrogen) atoms. The molecule has 3 unspecified atom stereocenters. The molecule has 0 aliphatic carbocycles. The number of carbonyl (C=O) groups is 2. The Hall–Kier alpha value is -3.33. The maximum atomic E-state index is 13.5. The highest BCUT2D eigenvalue weighted by molar-refractivity contribution is 7.45. The molecule has 0 aliphatic rings. The van der Waals surface area contributed by atoms with Crippen LogP contribution in [0.3, 0.4) is 0 Å². The van der Waals surface area contributed by atoms with Crippen molar-refractivity contribution in [2.45, 2.75) is 238 Å². The Kier molecular flexibility index (Phi) is 49.7. The molecule has 0 bridgehead atoms. The Balaban J connectivity index is 5.43. The lowest BCUT2D eigenvalue weighted by Crippen LogP contribution is -2.47. The third kappa shape index (κ3) is 53.3. The van der Waals surface area contributed by atoms with Crippen LogP contribution in [0.4, 0.5) is 0 Å². The summed E-state index contributed by atoms with van der Waals surface area (Å²) in [5.74, 6) is -0.656. The predicted molar refractivity (Wildman–Crippen MR) is 311 cm³/mol. The van der Waals surface area contributed by atoms with Crippen molar-refractivity contribution >= 4 is 19.7 Å². The quantitative estimate of drug-likeness (QED) is 0.0212. The van der Waals surface area contributed by atoms with Gasteiger partial charge in [0.25, 0.3) is 7.82 Å². The van der Waals surface area contributed by atoms with E-state index in [-0.39, 0.29) is 25.4 Å². The van der Waals surface area contributed by atoms with Gasteiger partial charge in [0, 0.05) is 12.8 Å². The number of quaternary nitrogens is 1. The number of phosphoric ester groups is 1. The van der Waals surface area contributed by atoms with Crippen molar-refractivity contribution in [2.24, 2.45) is 0 Å². The molecule has 9 nitrogen and oxygen atoms in total. The van der Waals surface area contributed by atoms with Gasteiger partial charge in [-0.2, -0.15) is 0 Å². The average Bonchev–Trinajstić information content (AvgIpc) is 3.35. The number of amides is 1. The summed E-state index contributed by atoms with van der Waals surface area (Å²) >= 11 is 0. The third-order valence-corrected chi connectivity index (χ3v) is 13.2. The number of allylic oxidation sites excluding steroid dienone is 17. The summed E-state index contributed by atoms with van der Waals surface area (Å²) in [5, 5.41) is 2.99. The zero-order chi connectivity index (χ0) is 53.6. The maximum Gasteiger partial charge on any atom is 0.306 e. The minimum atomic E-state index is -4.72. The van der Waals surface area contributed by atoms with Crippen molar-refractivity contribution < 1.29 is 37.3 Å². The molecule has 3 atom stereocenters. The number of esters is 1. The van der Waals surface area contributed by atoms with Gasteiger partial charge in [-0.25, -0.2) is 0 Å². The lowest BCUT2D eigenvalue weighted by Gasteiger charge is -2.30. The second-order valence-corrected chi connectivity index (χ2v) is 21.8. The van der Waals surface area contributed by atoms with Crippen LogP contribution in [0.5, 0.6) is 0 Å². The van der Waals surface area contributed by atoms with Gasteiger partial charge in [0.15, 0.2) is 0 Å². The minimum absolute atomic E-state index is 0.0405. The molecule has 0 fully saturated rings. The van der Waals surface area contributed by atoms with Crippen LogP contribution in [0.2, 0.25) is 0 Å². The van der Waals surface area contributed by atoms with Gasteiger partial charge in [-0.15, -0.1) is 0 Å². The van der Waals surface area contributed by atoms with E-state index in [0.717, 1.165) is 89.9 Å². The standard InChI is InChI=1S/C63H109N2O7P/c1-7-10-13-16-19-22-25-27-29-31-32-34-36-38-41-44-47-50-53-56-63(67)72-61(54-51-48-45-42-39-24-21-18-15-12-9-3)60(59-71-73(68,69)70-58-57-65(4,5)6)64-62(66)55-52-49-46-43-40-37-35-33-30-28-26-23-20-17-14-11-8-2/h10,13,19-20,22-23,27-30,32,34,38,41,47,50-51,54,60-61H,7-9,11-12,14-18,21,24-26,31,33,35-37,39-40,42-46,48-49,52-53,55-59H2,1-6H3,(H-,64,66,68,69)/b13-10-,22-19-,23-20-,29-27-,30-28-,34-32-,41-38-,50-47-,54-51+. The van der Waals surface area contributed by atoms with Crippen molar-refractivity contribution in [3.8, 4) is 0 Å². The number of carbonyl (C=O) groups excluding carboxylic acids is 2. The summed E-state index contributed by atoms with van der Waals surface area (Å²) in [6.45, 7) is 6.62. The number of hydrogen-bond donors (Lipinski definition) is 1. The highest BCUT2D eigenvalue weighted by atomic mass is 31.2.